The van der Waals surface area contributed by atoms with E-state index in [4.69, 9.17) is 20.9 Å². The van der Waals surface area contributed by atoms with Gasteiger partial charge in [-0.1, -0.05) is 36.0 Å². The molecule has 0 aliphatic carbocycles. The summed E-state index contributed by atoms with van der Waals surface area (Å²) in [4.78, 5) is 14.0. The van der Waals surface area contributed by atoms with Crippen molar-refractivity contribution >= 4 is 23.4 Å². The minimum atomic E-state index is 0.446. The van der Waals surface area contributed by atoms with Gasteiger partial charge in [0, 0.05) is 57.0 Å². The number of nitrogen functional groups attached to an aromatic ring is 2. The molecule has 1 aliphatic rings. The second-order valence-corrected chi connectivity index (χ2v) is 9.66. The molecule has 0 unspecified atom stereocenters. The molecule has 0 spiro atoms. The summed E-state index contributed by atoms with van der Waals surface area (Å²) in [5.74, 6) is 3.52. The van der Waals surface area contributed by atoms with Crippen molar-refractivity contribution in [3.8, 4) is 11.5 Å². The number of aromatic nitrogens is 2. The molecule has 0 radical (unpaired) electrons. The van der Waals surface area contributed by atoms with Gasteiger partial charge in [0.2, 0.25) is 0 Å². The first-order chi connectivity index (χ1) is 17.0. The Kier molecular flexibility index (Phi) is 8.68. The summed E-state index contributed by atoms with van der Waals surface area (Å²) < 4.78 is 10.6. The monoisotopic (exact) mass is 494 g/mol. The highest BCUT2D eigenvalue weighted by molar-refractivity contribution is 7.99. The predicted octanol–water partition coefficient (Wildman–Crippen LogP) is 3.16. The Hall–Kier alpha value is -3.01. The molecule has 0 saturated carbocycles. The number of anilines is 2. The van der Waals surface area contributed by atoms with E-state index >= 15 is 0 Å². The van der Waals surface area contributed by atoms with Gasteiger partial charge in [-0.3, -0.25) is 9.80 Å². The smallest absolute Gasteiger partial charge is 0.191 e. The standard InChI is InChI=1S/C26H34N6O2S/c1-33-21-8-6-19(7-9-21)17-23-24(27)29-26(30-25(23)28)35-15-14-31-10-12-32(13-11-31)18-20-4-3-5-22(16-20)34-2/h3-9,16H,10-15,17-18H2,1-2H3,(H4,27,28,29,30). The molecule has 186 valence electrons. The van der Waals surface area contributed by atoms with E-state index in [2.05, 4.69) is 38.0 Å². The Morgan fingerprint density at radius 3 is 2.14 bits per heavy atom. The maximum atomic E-state index is 6.24. The van der Waals surface area contributed by atoms with Crippen molar-refractivity contribution in [2.45, 2.75) is 18.1 Å². The van der Waals surface area contributed by atoms with Crippen molar-refractivity contribution in [3.63, 3.8) is 0 Å². The highest BCUT2D eigenvalue weighted by atomic mass is 32.2. The van der Waals surface area contributed by atoms with Crippen molar-refractivity contribution in [1.29, 1.82) is 0 Å². The van der Waals surface area contributed by atoms with E-state index < -0.39 is 0 Å². The quantitative estimate of drug-likeness (QED) is 0.325. The van der Waals surface area contributed by atoms with E-state index in [1.165, 1.54) is 5.56 Å². The van der Waals surface area contributed by atoms with Gasteiger partial charge in [-0.15, -0.1) is 0 Å². The Bertz CT molecular complexity index is 1080. The molecule has 0 bridgehead atoms. The summed E-state index contributed by atoms with van der Waals surface area (Å²) in [6.07, 6.45) is 0.590. The van der Waals surface area contributed by atoms with Crippen molar-refractivity contribution in [2.75, 3.05) is 64.2 Å². The summed E-state index contributed by atoms with van der Waals surface area (Å²) in [5, 5.41) is 0.634. The van der Waals surface area contributed by atoms with Crippen LogP contribution < -0.4 is 20.9 Å². The van der Waals surface area contributed by atoms with E-state index in [1.54, 1.807) is 26.0 Å². The molecule has 4 rings (SSSR count). The third kappa shape index (κ3) is 7.00. The molecule has 1 fully saturated rings. The molecule has 9 heteroatoms. The molecular formula is C26H34N6O2S. The van der Waals surface area contributed by atoms with E-state index in [0.29, 0.717) is 23.2 Å². The Balaban J connectivity index is 1.22. The number of rotatable bonds is 10. The number of nitrogens with zero attached hydrogens (tertiary/aromatic N) is 4. The third-order valence-corrected chi connectivity index (χ3v) is 7.06. The highest BCUT2D eigenvalue weighted by Gasteiger charge is 2.18. The van der Waals surface area contributed by atoms with E-state index in [-0.39, 0.29) is 0 Å². The minimum absolute atomic E-state index is 0.446. The zero-order chi connectivity index (χ0) is 24.6. The molecule has 0 amide bonds. The number of piperazine rings is 1. The minimum Gasteiger partial charge on any atom is -0.497 e. The lowest BCUT2D eigenvalue weighted by atomic mass is 10.1. The van der Waals surface area contributed by atoms with Crippen molar-refractivity contribution in [2.24, 2.45) is 0 Å². The summed E-state index contributed by atoms with van der Waals surface area (Å²) in [6.45, 7) is 6.15. The number of methoxy groups -OCH3 is 2. The van der Waals surface area contributed by atoms with Gasteiger partial charge in [0.05, 0.1) is 14.2 Å². The van der Waals surface area contributed by atoms with Gasteiger partial charge in [-0.05, 0) is 35.4 Å². The zero-order valence-corrected chi connectivity index (χ0v) is 21.3. The molecule has 4 N–H and O–H groups in total. The van der Waals surface area contributed by atoms with Crippen LogP contribution in [0.3, 0.4) is 0 Å². The fourth-order valence-corrected chi connectivity index (χ4v) is 5.01. The molecule has 1 aromatic heterocycles. The van der Waals surface area contributed by atoms with Crippen LogP contribution in [0.1, 0.15) is 16.7 Å². The third-order valence-electron chi connectivity index (χ3n) is 6.23. The summed E-state index contributed by atoms with van der Waals surface area (Å²) in [5.41, 5.74) is 15.6. The summed E-state index contributed by atoms with van der Waals surface area (Å²) in [6, 6.07) is 16.1. The molecule has 8 nitrogen and oxygen atoms in total. The number of thioether (sulfide) groups is 1. The van der Waals surface area contributed by atoms with Gasteiger partial charge in [0.25, 0.3) is 0 Å². The van der Waals surface area contributed by atoms with Crippen LogP contribution in [0.5, 0.6) is 11.5 Å². The van der Waals surface area contributed by atoms with E-state index in [9.17, 15) is 0 Å². The topological polar surface area (TPSA) is 103 Å². The fourth-order valence-electron chi connectivity index (χ4n) is 4.16. The summed E-state index contributed by atoms with van der Waals surface area (Å²) >= 11 is 1.60. The Morgan fingerprint density at radius 1 is 0.829 bits per heavy atom. The average molecular weight is 495 g/mol. The van der Waals surface area contributed by atoms with E-state index in [0.717, 1.165) is 67.6 Å². The molecular weight excluding hydrogens is 460 g/mol. The largest absolute Gasteiger partial charge is 0.497 e. The first-order valence-corrected chi connectivity index (χ1v) is 12.8. The number of benzene rings is 2. The van der Waals surface area contributed by atoms with E-state index in [1.807, 2.05) is 30.3 Å². The highest BCUT2D eigenvalue weighted by Crippen LogP contribution is 2.25. The normalized spacial score (nSPS) is 14.7. The van der Waals surface area contributed by atoms with Gasteiger partial charge in [0.15, 0.2) is 5.16 Å². The van der Waals surface area contributed by atoms with Crippen molar-refractivity contribution < 1.29 is 9.47 Å². The van der Waals surface area contributed by atoms with Gasteiger partial charge in [-0.25, -0.2) is 9.97 Å². The van der Waals surface area contributed by atoms with Crippen LogP contribution in [0.25, 0.3) is 0 Å². The van der Waals surface area contributed by atoms with Gasteiger partial charge < -0.3 is 20.9 Å². The van der Waals surface area contributed by atoms with Crippen LogP contribution >= 0.6 is 11.8 Å². The molecule has 35 heavy (non-hydrogen) atoms. The van der Waals surface area contributed by atoms with Gasteiger partial charge in [-0.2, -0.15) is 0 Å². The lowest BCUT2D eigenvalue weighted by molar-refractivity contribution is 0.132. The second-order valence-electron chi connectivity index (χ2n) is 8.60. The summed E-state index contributed by atoms with van der Waals surface area (Å²) in [7, 11) is 3.36. The first kappa shape index (κ1) is 25.1. The Morgan fingerprint density at radius 2 is 1.49 bits per heavy atom. The first-order valence-electron chi connectivity index (χ1n) is 11.8. The van der Waals surface area contributed by atoms with Gasteiger partial charge >= 0.3 is 0 Å². The van der Waals surface area contributed by atoms with Crippen molar-refractivity contribution in [3.05, 3.63) is 65.2 Å². The SMILES string of the molecule is COc1ccc(Cc2c(N)nc(SCCN3CCN(Cc4cccc(OC)c4)CC3)nc2N)cc1. The molecule has 2 heterocycles. The van der Waals surface area contributed by atoms with Crippen molar-refractivity contribution in [1.82, 2.24) is 19.8 Å². The van der Waals surface area contributed by atoms with Crippen LogP contribution in [-0.4, -0.2) is 72.5 Å². The lowest BCUT2D eigenvalue weighted by Crippen LogP contribution is -2.46. The molecule has 1 aliphatic heterocycles. The van der Waals surface area contributed by atoms with Crippen LogP contribution in [0.15, 0.2) is 53.7 Å². The Labute approximate surface area is 211 Å². The number of hydrogen-bond donors (Lipinski definition) is 2. The van der Waals surface area contributed by atoms with Crippen LogP contribution in [-0.2, 0) is 13.0 Å². The molecule has 2 aromatic carbocycles. The van der Waals surface area contributed by atoms with Crippen LogP contribution in [0.4, 0.5) is 11.6 Å². The second kappa shape index (κ2) is 12.1. The average Bonchev–Trinajstić information content (AvgIpc) is 2.88. The van der Waals surface area contributed by atoms with Gasteiger partial charge in [0.1, 0.15) is 23.1 Å². The fraction of sp³-hybridized carbons (Fsp3) is 0.385. The van der Waals surface area contributed by atoms with Crippen LogP contribution in [0.2, 0.25) is 0 Å². The number of nitrogens with two attached hydrogens (primary N) is 2. The molecule has 0 atom stereocenters. The number of ether oxygens (including phenoxy) is 2. The predicted molar refractivity (Wildman–Crippen MR) is 142 cm³/mol. The van der Waals surface area contributed by atoms with Crippen LogP contribution in [0, 0.1) is 0 Å². The molecule has 1 saturated heterocycles. The zero-order valence-electron chi connectivity index (χ0n) is 20.4. The lowest BCUT2D eigenvalue weighted by Gasteiger charge is -2.34. The maximum Gasteiger partial charge on any atom is 0.191 e. The number of hydrogen-bond acceptors (Lipinski definition) is 9. The maximum absolute atomic E-state index is 6.24. The molecule has 3 aromatic rings.